The highest BCUT2D eigenvalue weighted by atomic mass is 16.3. The number of aromatic hydroxyl groups is 1. The van der Waals surface area contributed by atoms with E-state index in [1.165, 1.54) is 0 Å². The lowest BCUT2D eigenvalue weighted by Crippen LogP contribution is -2.34. The zero-order valence-electron chi connectivity index (χ0n) is 10.4. The Hall–Kier alpha value is -1.51. The van der Waals surface area contributed by atoms with Gasteiger partial charge in [0.25, 0.3) is 5.91 Å². The van der Waals surface area contributed by atoms with Crippen LogP contribution in [0.3, 0.4) is 0 Å². The van der Waals surface area contributed by atoms with Gasteiger partial charge >= 0.3 is 0 Å². The van der Waals surface area contributed by atoms with Crippen molar-refractivity contribution in [2.45, 2.75) is 39.2 Å². The number of carbonyl (C=O) groups is 1. The minimum absolute atomic E-state index is 0.104. The quantitative estimate of drug-likeness (QED) is 0.868. The molecule has 0 atom stereocenters. The van der Waals surface area contributed by atoms with Gasteiger partial charge in [-0.25, -0.2) is 0 Å². The van der Waals surface area contributed by atoms with Gasteiger partial charge in [0.2, 0.25) is 0 Å². The van der Waals surface area contributed by atoms with Crippen molar-refractivity contribution in [3.8, 4) is 5.75 Å². The summed E-state index contributed by atoms with van der Waals surface area (Å²) in [5.74, 6) is 0.319. The molecule has 0 unspecified atom stereocenters. The summed E-state index contributed by atoms with van der Waals surface area (Å²) in [4.78, 5) is 14.4. The average Bonchev–Trinajstić information content (AvgIpc) is 3.09. The second kappa shape index (κ2) is 4.78. The van der Waals surface area contributed by atoms with Crippen LogP contribution in [-0.2, 0) is 0 Å². The van der Waals surface area contributed by atoms with Crippen LogP contribution in [0.2, 0.25) is 0 Å². The van der Waals surface area contributed by atoms with Crippen molar-refractivity contribution in [1.82, 2.24) is 4.90 Å². The average molecular weight is 233 g/mol. The van der Waals surface area contributed by atoms with Gasteiger partial charge in [-0.1, -0.05) is 6.92 Å². The van der Waals surface area contributed by atoms with Crippen LogP contribution in [0, 0.1) is 6.92 Å². The van der Waals surface area contributed by atoms with Crippen LogP contribution in [0.15, 0.2) is 18.2 Å². The molecule has 0 spiro atoms. The Morgan fingerprint density at radius 1 is 1.47 bits per heavy atom. The van der Waals surface area contributed by atoms with E-state index in [-0.39, 0.29) is 11.7 Å². The molecular weight excluding hydrogens is 214 g/mol. The number of hydrogen-bond acceptors (Lipinski definition) is 2. The minimum atomic E-state index is 0.104. The number of carbonyl (C=O) groups excluding carboxylic acids is 1. The van der Waals surface area contributed by atoms with Crippen molar-refractivity contribution in [2.24, 2.45) is 0 Å². The summed E-state index contributed by atoms with van der Waals surface area (Å²) < 4.78 is 0. The highest BCUT2D eigenvalue weighted by Gasteiger charge is 2.32. The maximum Gasteiger partial charge on any atom is 0.254 e. The molecule has 17 heavy (non-hydrogen) atoms. The lowest BCUT2D eigenvalue weighted by Gasteiger charge is -2.22. The first kappa shape index (κ1) is 12.0. The van der Waals surface area contributed by atoms with Gasteiger partial charge in [0, 0.05) is 18.2 Å². The second-order valence-corrected chi connectivity index (χ2v) is 4.73. The lowest BCUT2D eigenvalue weighted by atomic mass is 10.1. The van der Waals surface area contributed by atoms with Crippen molar-refractivity contribution in [2.75, 3.05) is 6.54 Å². The Kier molecular flexibility index (Phi) is 3.36. The number of amides is 1. The second-order valence-electron chi connectivity index (χ2n) is 4.73. The van der Waals surface area contributed by atoms with Crippen molar-refractivity contribution in [1.29, 1.82) is 0 Å². The third-order valence-electron chi connectivity index (χ3n) is 3.15. The monoisotopic (exact) mass is 233 g/mol. The van der Waals surface area contributed by atoms with Crippen LogP contribution in [0.1, 0.15) is 42.1 Å². The van der Waals surface area contributed by atoms with E-state index in [0.717, 1.165) is 31.4 Å². The predicted octanol–water partition coefficient (Wildman–Crippen LogP) is 2.72. The van der Waals surface area contributed by atoms with Crippen LogP contribution in [0.5, 0.6) is 5.75 Å². The topological polar surface area (TPSA) is 40.5 Å². The van der Waals surface area contributed by atoms with Gasteiger partial charge in [0.15, 0.2) is 0 Å². The normalized spacial score (nSPS) is 14.7. The number of aryl methyl sites for hydroxylation is 1. The molecule has 3 nitrogen and oxygen atoms in total. The molecule has 1 amide bonds. The van der Waals surface area contributed by atoms with E-state index in [1.54, 1.807) is 18.2 Å². The summed E-state index contributed by atoms with van der Waals surface area (Å²) in [5.41, 5.74) is 1.56. The van der Waals surface area contributed by atoms with Gasteiger partial charge in [-0.2, -0.15) is 0 Å². The maximum absolute atomic E-state index is 12.4. The zero-order valence-corrected chi connectivity index (χ0v) is 10.4. The van der Waals surface area contributed by atoms with Crippen molar-refractivity contribution < 1.29 is 9.90 Å². The Balaban J connectivity index is 2.22. The van der Waals surface area contributed by atoms with Crippen LogP contribution in [0.4, 0.5) is 0 Å². The van der Waals surface area contributed by atoms with E-state index in [4.69, 9.17) is 0 Å². The van der Waals surface area contributed by atoms with Crippen molar-refractivity contribution >= 4 is 5.91 Å². The Morgan fingerprint density at radius 2 is 2.18 bits per heavy atom. The van der Waals surface area contributed by atoms with Gasteiger partial charge in [0.05, 0.1) is 0 Å². The molecule has 0 aromatic heterocycles. The molecule has 0 aliphatic heterocycles. The van der Waals surface area contributed by atoms with Crippen LogP contribution >= 0.6 is 0 Å². The Morgan fingerprint density at radius 3 is 2.71 bits per heavy atom. The molecule has 0 heterocycles. The summed E-state index contributed by atoms with van der Waals surface area (Å²) in [7, 11) is 0. The minimum Gasteiger partial charge on any atom is -0.508 e. The highest BCUT2D eigenvalue weighted by molar-refractivity contribution is 5.96. The molecule has 1 N–H and O–H groups in total. The Labute approximate surface area is 102 Å². The van der Waals surface area contributed by atoms with Crippen molar-refractivity contribution in [3.05, 3.63) is 29.3 Å². The fraction of sp³-hybridized carbons (Fsp3) is 0.500. The van der Waals surface area contributed by atoms with Gasteiger partial charge in [-0.05, 0) is 49.9 Å². The first-order chi connectivity index (χ1) is 8.13. The highest BCUT2D eigenvalue weighted by Crippen LogP contribution is 2.29. The maximum atomic E-state index is 12.4. The van der Waals surface area contributed by atoms with E-state index in [9.17, 15) is 9.90 Å². The lowest BCUT2D eigenvalue weighted by molar-refractivity contribution is 0.0742. The molecule has 3 heteroatoms. The van der Waals surface area contributed by atoms with E-state index in [2.05, 4.69) is 6.92 Å². The zero-order chi connectivity index (χ0) is 12.4. The molecular formula is C14H19NO2. The summed E-state index contributed by atoms with van der Waals surface area (Å²) in [5, 5.41) is 9.36. The first-order valence-electron chi connectivity index (χ1n) is 6.24. The summed E-state index contributed by atoms with van der Waals surface area (Å²) in [6.07, 6.45) is 3.24. The van der Waals surface area contributed by atoms with Crippen LogP contribution in [-0.4, -0.2) is 28.5 Å². The molecule has 0 radical (unpaired) electrons. The predicted molar refractivity (Wildman–Crippen MR) is 67.2 cm³/mol. The van der Waals surface area contributed by atoms with Crippen molar-refractivity contribution in [3.63, 3.8) is 0 Å². The first-order valence-corrected chi connectivity index (χ1v) is 6.24. The van der Waals surface area contributed by atoms with Gasteiger partial charge in [-0.15, -0.1) is 0 Å². The molecule has 92 valence electrons. The number of phenols is 1. The van der Waals surface area contributed by atoms with Crippen LogP contribution < -0.4 is 0 Å². The standard InChI is InChI=1S/C14H19NO2/c1-3-8-15(11-4-5-11)14(17)13-7-6-12(16)9-10(13)2/h6-7,9,11,16H,3-5,8H2,1-2H3. The molecule has 1 aliphatic carbocycles. The molecule has 1 fully saturated rings. The molecule has 1 saturated carbocycles. The van der Waals surface area contributed by atoms with Crippen LogP contribution in [0.25, 0.3) is 0 Å². The molecule has 0 saturated heterocycles. The van der Waals surface area contributed by atoms with E-state index in [0.29, 0.717) is 11.6 Å². The number of nitrogens with zero attached hydrogens (tertiary/aromatic N) is 1. The van der Waals surface area contributed by atoms with Gasteiger partial charge < -0.3 is 10.0 Å². The summed E-state index contributed by atoms with van der Waals surface area (Å²) >= 11 is 0. The number of benzene rings is 1. The van der Waals surface area contributed by atoms with Gasteiger partial charge in [-0.3, -0.25) is 4.79 Å². The fourth-order valence-electron chi connectivity index (χ4n) is 2.12. The third kappa shape index (κ3) is 2.60. The third-order valence-corrected chi connectivity index (χ3v) is 3.15. The fourth-order valence-corrected chi connectivity index (χ4v) is 2.12. The van der Waals surface area contributed by atoms with E-state index in [1.807, 2.05) is 11.8 Å². The number of hydrogen-bond donors (Lipinski definition) is 1. The smallest absolute Gasteiger partial charge is 0.254 e. The molecule has 1 aliphatic rings. The Bertz CT molecular complexity index is 424. The SMILES string of the molecule is CCCN(C(=O)c1ccc(O)cc1C)C1CC1. The molecule has 1 aromatic rings. The molecule has 0 bridgehead atoms. The summed E-state index contributed by atoms with van der Waals surface area (Å²) in [6.45, 7) is 4.78. The molecule has 2 rings (SSSR count). The largest absolute Gasteiger partial charge is 0.508 e. The summed E-state index contributed by atoms with van der Waals surface area (Å²) in [6, 6.07) is 5.38. The number of phenolic OH excluding ortho intramolecular Hbond substituents is 1. The number of rotatable bonds is 4. The molecule has 1 aromatic carbocycles. The van der Waals surface area contributed by atoms with Gasteiger partial charge in [0.1, 0.15) is 5.75 Å². The van der Waals surface area contributed by atoms with E-state index < -0.39 is 0 Å². The van der Waals surface area contributed by atoms with E-state index >= 15 is 0 Å².